The number of nitrogens with zero attached hydrogens (tertiary/aromatic N) is 6. The van der Waals surface area contributed by atoms with E-state index in [0.717, 1.165) is 34.1 Å². The Morgan fingerprint density at radius 1 is 1.05 bits per heavy atom. The second-order valence-corrected chi connectivity index (χ2v) is 19.4. The Morgan fingerprint density at radius 3 is 2.29 bits per heavy atom. The smallest absolute Gasteiger partial charge is 0.425 e. The molecular weight excluding hydrogens is 876 g/mol. The molecule has 63 heavy (non-hydrogen) atoms. The molecule has 5 aromatic rings. The maximum absolute atomic E-state index is 17.6. The minimum absolute atomic E-state index is 0.00482. The quantitative estimate of drug-likeness (QED) is 0.0676. The fraction of sp³-hybridized carbons (Fsp3) is 0.386. The Balaban J connectivity index is 1.58. The topological polar surface area (TPSA) is 169 Å². The first kappa shape index (κ1) is 46.7. The molecule has 0 unspecified atom stereocenters. The van der Waals surface area contributed by atoms with E-state index in [9.17, 15) is 19.6 Å². The van der Waals surface area contributed by atoms with Gasteiger partial charge in [-0.05, 0) is 92.7 Å². The lowest BCUT2D eigenvalue weighted by molar-refractivity contribution is 0.0427. The zero-order valence-corrected chi connectivity index (χ0v) is 38.8. The number of imide groups is 1. The summed E-state index contributed by atoms with van der Waals surface area (Å²) in [4.78, 5) is 57.1. The molecule has 0 fully saturated rings. The van der Waals surface area contributed by atoms with Crippen molar-refractivity contribution in [2.45, 2.75) is 96.7 Å². The SMILES string of the molecule is C=CC[C@H](c1cccnc1N(C(=O)OC(C)(C)C)C(=O)OC(C)(C)C)N1CCOc2c(Cl)c(-c3ccc(F)c4sc(NC(=O)OC(C)(C)C)c(C#N)c34)c(F)c3nc(SC)nc1c23. The molecular formula is C44H46ClF2N7O7S2. The summed E-state index contributed by atoms with van der Waals surface area (Å²) in [6.45, 7) is 19.0. The predicted molar refractivity (Wildman–Crippen MR) is 241 cm³/mol. The number of ether oxygens (including phenoxy) is 4. The normalized spacial score (nSPS) is 13.4. The van der Waals surface area contributed by atoms with Crippen molar-refractivity contribution in [3.05, 3.63) is 70.9 Å². The number of nitrogens with one attached hydrogen (secondary N) is 1. The van der Waals surface area contributed by atoms with Crippen LogP contribution in [0.25, 0.3) is 32.1 Å². The van der Waals surface area contributed by atoms with Crippen LogP contribution in [0.4, 0.5) is 39.8 Å². The van der Waals surface area contributed by atoms with Gasteiger partial charge in [-0.3, -0.25) is 5.32 Å². The van der Waals surface area contributed by atoms with E-state index in [2.05, 4.69) is 21.9 Å². The first-order chi connectivity index (χ1) is 29.5. The van der Waals surface area contributed by atoms with E-state index in [4.69, 9.17) is 35.5 Å². The van der Waals surface area contributed by atoms with Crippen molar-refractivity contribution < 1.29 is 42.1 Å². The molecule has 0 bridgehead atoms. The number of hydrogen-bond donors (Lipinski definition) is 1. The second kappa shape index (κ2) is 17.8. The van der Waals surface area contributed by atoms with E-state index < -0.39 is 52.8 Å². The fourth-order valence-corrected chi connectivity index (χ4v) is 8.59. The lowest BCUT2D eigenvalue weighted by atomic mass is 9.96. The van der Waals surface area contributed by atoms with Gasteiger partial charge in [-0.1, -0.05) is 41.6 Å². The van der Waals surface area contributed by atoms with E-state index in [1.54, 1.807) is 86.8 Å². The van der Waals surface area contributed by atoms with Crippen LogP contribution in [0.2, 0.25) is 5.02 Å². The van der Waals surface area contributed by atoms with Crippen LogP contribution >= 0.6 is 34.7 Å². The largest absolute Gasteiger partial charge is 0.489 e. The number of thioether (sulfide) groups is 1. The van der Waals surface area contributed by atoms with Crippen LogP contribution < -0.4 is 19.9 Å². The molecule has 0 saturated carbocycles. The maximum atomic E-state index is 17.6. The number of amides is 3. The van der Waals surface area contributed by atoms with Crippen LogP contribution in [0.15, 0.2) is 48.3 Å². The molecule has 0 spiro atoms. The number of benzene rings is 2. The third kappa shape index (κ3) is 9.75. The van der Waals surface area contributed by atoms with E-state index in [-0.39, 0.29) is 89.8 Å². The van der Waals surface area contributed by atoms with Crippen LogP contribution in [0.3, 0.4) is 0 Å². The molecule has 0 radical (unpaired) electrons. The van der Waals surface area contributed by atoms with Gasteiger partial charge >= 0.3 is 18.3 Å². The van der Waals surface area contributed by atoms with Gasteiger partial charge in [0.25, 0.3) is 0 Å². The summed E-state index contributed by atoms with van der Waals surface area (Å²) in [6, 6.07) is 7.01. The van der Waals surface area contributed by atoms with Gasteiger partial charge in [0.2, 0.25) is 0 Å². The molecule has 3 amide bonds. The number of carbonyl (C=O) groups is 3. The Kier molecular flexibility index (Phi) is 13.2. The monoisotopic (exact) mass is 921 g/mol. The van der Waals surface area contributed by atoms with Gasteiger partial charge in [-0.15, -0.1) is 17.9 Å². The zero-order chi connectivity index (χ0) is 46.3. The molecule has 4 heterocycles. The molecule has 1 aliphatic heterocycles. The maximum Gasteiger partial charge on any atom is 0.425 e. The van der Waals surface area contributed by atoms with E-state index in [1.165, 1.54) is 12.3 Å². The van der Waals surface area contributed by atoms with Gasteiger partial charge in [0.05, 0.1) is 33.3 Å². The first-order valence-electron chi connectivity index (χ1n) is 19.6. The van der Waals surface area contributed by atoms with E-state index in [0.29, 0.717) is 5.56 Å². The van der Waals surface area contributed by atoms with Gasteiger partial charge in [-0.2, -0.15) is 10.2 Å². The standard InChI is InChI=1S/C44H46ClF2N7O7S2/c1-12-14-26(22-15-13-18-49-35(22)54(40(56)60-43(5,6)7)41(57)61-44(8,9)10)53-19-20-58-33-29-32(50-38(62-11)51-36(29)53)31(47)28(30(33)45)23-16-17-25(46)34-27(23)24(21-48)37(63-34)52-39(55)59-42(2,3)4/h12-13,15-18,26H,1,14,19-20H2,2-11H3,(H,52,55)/t26-/m1/s1. The number of nitriles is 1. The van der Waals surface area contributed by atoms with Crippen molar-refractivity contribution in [2.75, 3.05) is 34.5 Å². The first-order valence-corrected chi connectivity index (χ1v) is 22.0. The Morgan fingerprint density at radius 2 is 1.70 bits per heavy atom. The van der Waals surface area contributed by atoms with E-state index >= 15 is 8.78 Å². The second-order valence-electron chi connectivity index (χ2n) is 17.2. The molecule has 2 aromatic carbocycles. The molecule has 0 saturated heterocycles. The number of carbonyl (C=O) groups excluding carboxylic acids is 3. The summed E-state index contributed by atoms with van der Waals surface area (Å²) >= 11 is 9.11. The van der Waals surface area contributed by atoms with Crippen molar-refractivity contribution in [3.8, 4) is 22.9 Å². The number of rotatable bonds is 8. The number of pyridine rings is 1. The average molecular weight is 922 g/mol. The number of fused-ring (bicyclic) bond motifs is 1. The summed E-state index contributed by atoms with van der Waals surface area (Å²) in [7, 11) is 0. The Bertz CT molecular complexity index is 2680. The molecule has 1 aliphatic rings. The Hall–Kier alpha value is -5.77. The average Bonchev–Trinajstić information content (AvgIpc) is 3.42. The van der Waals surface area contributed by atoms with Crippen molar-refractivity contribution in [1.82, 2.24) is 15.0 Å². The number of aromatic nitrogens is 3. The molecule has 1 atom stereocenters. The van der Waals surface area contributed by atoms with Gasteiger partial charge in [0.15, 0.2) is 22.5 Å². The summed E-state index contributed by atoms with van der Waals surface area (Å²) in [6.07, 6.45) is 2.05. The lowest BCUT2D eigenvalue weighted by Gasteiger charge is -2.34. The van der Waals surface area contributed by atoms with Crippen LogP contribution in [-0.2, 0) is 14.2 Å². The highest BCUT2D eigenvalue weighted by Crippen LogP contribution is 2.52. The van der Waals surface area contributed by atoms with Crippen molar-refractivity contribution in [3.63, 3.8) is 0 Å². The third-order valence-electron chi connectivity index (χ3n) is 9.07. The molecule has 3 aromatic heterocycles. The van der Waals surface area contributed by atoms with Gasteiger partial charge in [0, 0.05) is 22.7 Å². The number of hydrogen-bond acceptors (Lipinski definition) is 14. The number of thiophene rings is 1. The molecule has 6 rings (SSSR count). The molecule has 0 aliphatic carbocycles. The van der Waals surface area contributed by atoms with Crippen molar-refractivity contribution in [2.24, 2.45) is 0 Å². The molecule has 14 nitrogen and oxygen atoms in total. The number of halogens is 3. The van der Waals surface area contributed by atoms with Gasteiger partial charge in [0.1, 0.15) is 51.6 Å². The highest BCUT2D eigenvalue weighted by atomic mass is 35.5. The highest BCUT2D eigenvalue weighted by molar-refractivity contribution is 7.98. The summed E-state index contributed by atoms with van der Waals surface area (Å²) in [5.41, 5.74) is -3.02. The minimum Gasteiger partial charge on any atom is -0.489 e. The van der Waals surface area contributed by atoms with Crippen molar-refractivity contribution in [1.29, 1.82) is 5.26 Å². The van der Waals surface area contributed by atoms with E-state index in [1.807, 2.05) is 11.0 Å². The molecule has 1 N–H and O–H groups in total. The third-order valence-corrected chi connectivity index (χ3v) is 11.1. The number of anilines is 3. The predicted octanol–water partition coefficient (Wildman–Crippen LogP) is 12.0. The Labute approximate surface area is 376 Å². The molecule has 332 valence electrons. The van der Waals surface area contributed by atoms with Gasteiger partial charge in [-0.25, -0.2) is 38.1 Å². The lowest BCUT2D eigenvalue weighted by Crippen LogP contribution is -2.45. The van der Waals surface area contributed by atoms with Crippen LogP contribution in [0.5, 0.6) is 5.75 Å². The van der Waals surface area contributed by atoms with Crippen LogP contribution in [-0.4, -0.2) is 69.4 Å². The summed E-state index contributed by atoms with van der Waals surface area (Å²) < 4.78 is 56.3. The summed E-state index contributed by atoms with van der Waals surface area (Å²) in [5, 5.41) is 13.0. The highest BCUT2D eigenvalue weighted by Gasteiger charge is 2.39. The molecule has 19 heteroatoms. The van der Waals surface area contributed by atoms with Crippen molar-refractivity contribution >= 4 is 90.6 Å². The van der Waals surface area contributed by atoms with Crippen LogP contribution in [0.1, 0.15) is 85.9 Å². The van der Waals surface area contributed by atoms with Gasteiger partial charge < -0.3 is 23.8 Å². The van der Waals surface area contributed by atoms with Crippen LogP contribution in [0, 0.1) is 23.0 Å². The minimum atomic E-state index is -1.03. The zero-order valence-electron chi connectivity index (χ0n) is 36.4. The summed E-state index contributed by atoms with van der Waals surface area (Å²) in [5.74, 6) is -1.51. The fourth-order valence-electron chi connectivity index (χ4n) is 6.83.